The molecule has 3 nitrogen and oxygen atoms in total. The number of Topliss-reactive ketones (excluding diaryl/α,β-unsaturated/α-hetero) is 1. The number of fused-ring (bicyclic) bond motifs is 5. The average molecular weight is 292 g/mol. The number of nitrogens with zero attached hydrogens (tertiary/aromatic N) is 1. The molecule has 2 atom stereocenters. The first kappa shape index (κ1) is 13.5. The van der Waals surface area contributed by atoms with Crippen LogP contribution in [0.1, 0.15) is 65.2 Å². The highest BCUT2D eigenvalue weighted by molar-refractivity contribution is 5.95. The summed E-state index contributed by atoms with van der Waals surface area (Å²) < 4.78 is 0. The fraction of sp³-hybridized carbons (Fsp3) is 0.368. The third-order valence-electron chi connectivity index (χ3n) is 5.04. The predicted octanol–water partition coefficient (Wildman–Crippen LogP) is 4.70. The van der Waals surface area contributed by atoms with E-state index in [2.05, 4.69) is 41.5 Å². The number of hydrogen-bond acceptors (Lipinski definition) is 3. The van der Waals surface area contributed by atoms with Gasteiger partial charge in [0.1, 0.15) is 5.69 Å². The van der Waals surface area contributed by atoms with E-state index in [1.165, 1.54) is 36.0 Å². The van der Waals surface area contributed by atoms with Gasteiger partial charge in [-0.15, -0.1) is 0 Å². The molecule has 2 aliphatic carbocycles. The number of pyridine rings is 1. The molecule has 22 heavy (non-hydrogen) atoms. The molecule has 2 aliphatic rings. The third-order valence-corrected chi connectivity index (χ3v) is 5.04. The quantitative estimate of drug-likeness (QED) is 0.834. The zero-order chi connectivity index (χ0) is 15.3. The SMILES string of the molecule is CC(=O)c1ncc(Nc2cccc(C)c2)c2c1C1CCC2C1. The Labute approximate surface area is 130 Å². The Morgan fingerprint density at radius 1 is 1.23 bits per heavy atom. The fourth-order valence-corrected chi connectivity index (χ4v) is 4.16. The number of anilines is 2. The van der Waals surface area contributed by atoms with E-state index in [1.54, 1.807) is 6.92 Å². The van der Waals surface area contributed by atoms with Crippen molar-refractivity contribution in [3.05, 3.63) is 52.8 Å². The van der Waals surface area contributed by atoms with Gasteiger partial charge in [0, 0.05) is 12.6 Å². The molecule has 1 fully saturated rings. The van der Waals surface area contributed by atoms with Gasteiger partial charge in [0.25, 0.3) is 0 Å². The van der Waals surface area contributed by atoms with E-state index in [0.29, 0.717) is 17.5 Å². The van der Waals surface area contributed by atoms with Gasteiger partial charge in [-0.3, -0.25) is 9.78 Å². The molecule has 1 aromatic carbocycles. The summed E-state index contributed by atoms with van der Waals surface area (Å²) >= 11 is 0. The van der Waals surface area contributed by atoms with Gasteiger partial charge < -0.3 is 5.32 Å². The minimum absolute atomic E-state index is 0.0888. The minimum Gasteiger partial charge on any atom is -0.354 e. The first-order valence-corrected chi connectivity index (χ1v) is 8.01. The van der Waals surface area contributed by atoms with Gasteiger partial charge in [-0.05, 0) is 66.8 Å². The summed E-state index contributed by atoms with van der Waals surface area (Å²) in [6.45, 7) is 3.72. The van der Waals surface area contributed by atoms with E-state index in [9.17, 15) is 4.79 Å². The summed E-state index contributed by atoms with van der Waals surface area (Å²) in [5.41, 5.74) is 6.66. The normalized spacial score (nSPS) is 21.7. The Morgan fingerprint density at radius 3 is 2.73 bits per heavy atom. The number of nitrogens with one attached hydrogen (secondary N) is 1. The van der Waals surface area contributed by atoms with Crippen LogP contribution in [0.15, 0.2) is 30.5 Å². The Bertz CT molecular complexity index is 766. The van der Waals surface area contributed by atoms with E-state index in [0.717, 1.165) is 11.4 Å². The summed E-state index contributed by atoms with van der Waals surface area (Å²) in [5, 5.41) is 3.52. The highest BCUT2D eigenvalue weighted by Crippen LogP contribution is 2.56. The van der Waals surface area contributed by atoms with Crippen LogP contribution in [0.2, 0.25) is 0 Å². The number of ketones is 1. The molecular formula is C19H20N2O. The van der Waals surface area contributed by atoms with Crippen LogP contribution in [0.4, 0.5) is 11.4 Å². The number of aromatic nitrogens is 1. The predicted molar refractivity (Wildman–Crippen MR) is 88.0 cm³/mol. The smallest absolute Gasteiger partial charge is 0.178 e. The van der Waals surface area contributed by atoms with Crippen molar-refractivity contribution in [3.8, 4) is 0 Å². The lowest BCUT2D eigenvalue weighted by Crippen LogP contribution is -2.11. The van der Waals surface area contributed by atoms with Crippen molar-refractivity contribution in [2.75, 3.05) is 5.32 Å². The monoisotopic (exact) mass is 292 g/mol. The van der Waals surface area contributed by atoms with Crippen molar-refractivity contribution in [2.24, 2.45) is 0 Å². The van der Waals surface area contributed by atoms with Crippen molar-refractivity contribution in [1.82, 2.24) is 4.98 Å². The maximum Gasteiger partial charge on any atom is 0.178 e. The van der Waals surface area contributed by atoms with Crippen LogP contribution >= 0.6 is 0 Å². The molecule has 1 heterocycles. The topological polar surface area (TPSA) is 42.0 Å². The van der Waals surface area contributed by atoms with Crippen LogP contribution in [-0.4, -0.2) is 10.8 Å². The number of carbonyl (C=O) groups excluding carboxylic acids is 1. The Morgan fingerprint density at radius 2 is 2.00 bits per heavy atom. The molecule has 1 N–H and O–H groups in total. The average Bonchev–Trinajstić information content (AvgIpc) is 3.09. The molecule has 2 aromatic rings. The number of carbonyl (C=O) groups is 1. The Kier molecular flexibility index (Phi) is 3.03. The molecule has 0 spiro atoms. The summed E-state index contributed by atoms with van der Waals surface area (Å²) in [4.78, 5) is 16.4. The zero-order valence-corrected chi connectivity index (χ0v) is 13.0. The summed E-state index contributed by atoms with van der Waals surface area (Å²) in [5.74, 6) is 1.21. The van der Waals surface area contributed by atoms with Crippen LogP contribution in [0.3, 0.4) is 0 Å². The molecule has 4 rings (SSSR count). The third kappa shape index (κ3) is 2.04. The molecule has 0 amide bonds. The minimum atomic E-state index is 0.0888. The molecule has 1 saturated carbocycles. The fourth-order valence-electron chi connectivity index (χ4n) is 4.16. The van der Waals surface area contributed by atoms with E-state index >= 15 is 0 Å². The highest BCUT2D eigenvalue weighted by atomic mass is 16.1. The van der Waals surface area contributed by atoms with Gasteiger partial charge in [-0.25, -0.2) is 0 Å². The molecular weight excluding hydrogens is 272 g/mol. The van der Waals surface area contributed by atoms with Crippen LogP contribution in [0.5, 0.6) is 0 Å². The van der Waals surface area contributed by atoms with Gasteiger partial charge in [-0.1, -0.05) is 12.1 Å². The molecule has 1 aromatic heterocycles. The van der Waals surface area contributed by atoms with Crippen molar-refractivity contribution >= 4 is 17.2 Å². The second-order valence-electron chi connectivity index (χ2n) is 6.61. The Hall–Kier alpha value is -2.16. The van der Waals surface area contributed by atoms with Crippen LogP contribution in [0, 0.1) is 6.92 Å². The van der Waals surface area contributed by atoms with Gasteiger partial charge in [0.15, 0.2) is 5.78 Å². The van der Waals surface area contributed by atoms with E-state index in [-0.39, 0.29) is 5.78 Å². The molecule has 2 unspecified atom stereocenters. The highest BCUT2D eigenvalue weighted by Gasteiger charge is 2.41. The Balaban J connectivity index is 1.80. The van der Waals surface area contributed by atoms with Gasteiger partial charge in [0.2, 0.25) is 0 Å². The van der Waals surface area contributed by atoms with Crippen LogP contribution in [-0.2, 0) is 0 Å². The van der Waals surface area contributed by atoms with Gasteiger partial charge in [-0.2, -0.15) is 0 Å². The van der Waals surface area contributed by atoms with E-state index < -0.39 is 0 Å². The lowest BCUT2D eigenvalue weighted by molar-refractivity contribution is 0.101. The number of aryl methyl sites for hydroxylation is 1. The summed E-state index contributed by atoms with van der Waals surface area (Å²) in [7, 11) is 0. The second kappa shape index (κ2) is 4.94. The number of rotatable bonds is 3. The van der Waals surface area contributed by atoms with E-state index in [1.807, 2.05) is 6.20 Å². The van der Waals surface area contributed by atoms with Gasteiger partial charge in [0.05, 0.1) is 11.9 Å². The molecule has 3 heteroatoms. The summed E-state index contributed by atoms with van der Waals surface area (Å²) in [6.07, 6.45) is 5.47. The van der Waals surface area contributed by atoms with Crippen LogP contribution in [0.25, 0.3) is 0 Å². The molecule has 0 radical (unpaired) electrons. The van der Waals surface area contributed by atoms with E-state index in [4.69, 9.17) is 0 Å². The maximum atomic E-state index is 11.9. The van der Waals surface area contributed by atoms with Crippen molar-refractivity contribution < 1.29 is 4.79 Å². The standard InChI is InChI=1S/C19H20N2O/c1-11-4-3-5-15(8-11)21-16-10-20-19(12(2)22)18-14-7-6-13(9-14)17(16)18/h3-5,8,10,13-14,21H,6-7,9H2,1-2H3. The molecule has 0 saturated heterocycles. The van der Waals surface area contributed by atoms with Gasteiger partial charge >= 0.3 is 0 Å². The van der Waals surface area contributed by atoms with Crippen molar-refractivity contribution in [1.29, 1.82) is 0 Å². The largest absolute Gasteiger partial charge is 0.354 e. The maximum absolute atomic E-state index is 11.9. The lowest BCUT2D eigenvalue weighted by Gasteiger charge is -2.21. The second-order valence-corrected chi connectivity index (χ2v) is 6.61. The van der Waals surface area contributed by atoms with Crippen molar-refractivity contribution in [2.45, 2.75) is 44.9 Å². The first-order chi connectivity index (χ1) is 10.6. The number of benzene rings is 1. The zero-order valence-electron chi connectivity index (χ0n) is 13.0. The van der Waals surface area contributed by atoms with Crippen molar-refractivity contribution in [3.63, 3.8) is 0 Å². The summed E-state index contributed by atoms with van der Waals surface area (Å²) in [6, 6.07) is 8.36. The lowest BCUT2D eigenvalue weighted by atomic mass is 9.89. The van der Waals surface area contributed by atoms with Crippen LogP contribution < -0.4 is 5.32 Å². The number of hydrogen-bond donors (Lipinski definition) is 1. The molecule has 0 aliphatic heterocycles. The first-order valence-electron chi connectivity index (χ1n) is 8.01. The molecule has 2 bridgehead atoms. The molecule has 112 valence electrons.